The quantitative estimate of drug-likeness (QED) is 0.912. The van der Waals surface area contributed by atoms with Gasteiger partial charge >= 0.3 is 12.1 Å². The van der Waals surface area contributed by atoms with Gasteiger partial charge in [0.25, 0.3) is 5.91 Å². The van der Waals surface area contributed by atoms with Crippen molar-refractivity contribution in [2.24, 2.45) is 0 Å². The van der Waals surface area contributed by atoms with E-state index in [0.717, 1.165) is 12.8 Å². The Morgan fingerprint density at radius 3 is 2.60 bits per heavy atom. The number of hydrogen-bond donors (Lipinski definition) is 1. The zero-order valence-corrected chi connectivity index (χ0v) is 13.3. The number of ether oxygens (including phenoxy) is 1. The van der Waals surface area contributed by atoms with Crippen LogP contribution in [-0.2, 0) is 10.9 Å². The normalized spacial score (nSPS) is 19.0. The van der Waals surface area contributed by atoms with Crippen LogP contribution in [-0.4, -0.2) is 34.8 Å². The molecule has 2 atom stereocenters. The van der Waals surface area contributed by atoms with E-state index in [9.17, 15) is 18.0 Å². The summed E-state index contributed by atoms with van der Waals surface area (Å²) in [6.07, 6.45) is -2.81. The molecule has 1 aromatic heterocycles. The Bertz CT molecular complexity index is 737. The molecule has 1 amide bonds. The molecule has 0 radical (unpaired) electrons. The standard InChI is InChI=1S/C16H16F3N3O3/c1-9(12-3-2-8-24-12)20-14(23)11-6-4-10(5-7-11)13-21-15(25-22-13)16(17,18)19/h4-7,9,12H,2-3,8H2,1H3,(H,20,23)/t9-,12-/m1/s1. The fourth-order valence-corrected chi connectivity index (χ4v) is 2.61. The molecule has 134 valence electrons. The number of rotatable bonds is 4. The third-order valence-electron chi connectivity index (χ3n) is 3.96. The molecule has 0 spiro atoms. The Morgan fingerprint density at radius 2 is 2.04 bits per heavy atom. The van der Waals surface area contributed by atoms with Gasteiger partial charge in [0.15, 0.2) is 0 Å². The van der Waals surface area contributed by atoms with Crippen molar-refractivity contribution >= 4 is 5.91 Å². The van der Waals surface area contributed by atoms with Gasteiger partial charge < -0.3 is 14.6 Å². The maximum atomic E-state index is 12.5. The number of nitrogens with one attached hydrogen (secondary N) is 1. The predicted molar refractivity (Wildman–Crippen MR) is 80.6 cm³/mol. The maximum Gasteiger partial charge on any atom is 0.471 e. The fourth-order valence-electron chi connectivity index (χ4n) is 2.61. The molecule has 6 nitrogen and oxygen atoms in total. The summed E-state index contributed by atoms with van der Waals surface area (Å²) in [5.41, 5.74) is 0.705. The van der Waals surface area contributed by atoms with Crippen molar-refractivity contribution in [3.05, 3.63) is 35.7 Å². The Morgan fingerprint density at radius 1 is 1.32 bits per heavy atom. The molecule has 25 heavy (non-hydrogen) atoms. The highest BCUT2D eigenvalue weighted by atomic mass is 19.4. The molecule has 0 aliphatic carbocycles. The number of halogens is 3. The van der Waals surface area contributed by atoms with Gasteiger partial charge in [-0.15, -0.1) is 0 Å². The molecule has 3 rings (SSSR count). The van der Waals surface area contributed by atoms with Crippen molar-refractivity contribution < 1.29 is 27.2 Å². The number of nitrogens with zero attached hydrogens (tertiary/aromatic N) is 2. The van der Waals surface area contributed by atoms with Crippen molar-refractivity contribution in [1.29, 1.82) is 0 Å². The molecule has 1 aromatic carbocycles. The molecule has 2 heterocycles. The van der Waals surface area contributed by atoms with Gasteiger partial charge in [-0.2, -0.15) is 18.2 Å². The number of hydrogen-bond acceptors (Lipinski definition) is 5. The largest absolute Gasteiger partial charge is 0.471 e. The van der Waals surface area contributed by atoms with Crippen LogP contribution in [0.3, 0.4) is 0 Å². The minimum Gasteiger partial charge on any atom is -0.376 e. The van der Waals surface area contributed by atoms with E-state index in [1.807, 2.05) is 6.92 Å². The topological polar surface area (TPSA) is 77.3 Å². The SMILES string of the molecule is C[C@@H](NC(=O)c1ccc(-c2noc(C(F)(F)F)n2)cc1)[C@H]1CCCO1. The summed E-state index contributed by atoms with van der Waals surface area (Å²) in [7, 11) is 0. The third kappa shape index (κ3) is 3.98. The first-order chi connectivity index (χ1) is 11.8. The monoisotopic (exact) mass is 355 g/mol. The second-order valence-corrected chi connectivity index (χ2v) is 5.81. The second-order valence-electron chi connectivity index (χ2n) is 5.81. The van der Waals surface area contributed by atoms with Crippen LogP contribution in [0.2, 0.25) is 0 Å². The van der Waals surface area contributed by atoms with Crippen LogP contribution < -0.4 is 5.32 Å². The molecule has 1 aliphatic rings. The summed E-state index contributed by atoms with van der Waals surface area (Å²) in [6, 6.07) is 5.81. The lowest BCUT2D eigenvalue weighted by molar-refractivity contribution is -0.159. The highest BCUT2D eigenvalue weighted by molar-refractivity contribution is 5.94. The van der Waals surface area contributed by atoms with Gasteiger partial charge in [0.1, 0.15) is 0 Å². The van der Waals surface area contributed by atoms with Crippen LogP contribution in [0, 0.1) is 0 Å². The van der Waals surface area contributed by atoms with Crippen LogP contribution in [0.5, 0.6) is 0 Å². The fraction of sp³-hybridized carbons (Fsp3) is 0.438. The number of alkyl halides is 3. The molecule has 2 aromatic rings. The summed E-state index contributed by atoms with van der Waals surface area (Å²) in [5, 5.41) is 6.16. The molecule has 0 bridgehead atoms. The number of carbonyl (C=O) groups excluding carboxylic acids is 1. The molecule has 1 saturated heterocycles. The Balaban J connectivity index is 1.67. The van der Waals surface area contributed by atoms with Gasteiger partial charge in [-0.1, -0.05) is 17.3 Å². The summed E-state index contributed by atoms with van der Waals surface area (Å²) < 4.78 is 47.1. The number of carbonyl (C=O) groups is 1. The van der Waals surface area contributed by atoms with E-state index in [0.29, 0.717) is 17.7 Å². The van der Waals surface area contributed by atoms with Crippen molar-refractivity contribution in [2.45, 2.75) is 38.1 Å². The third-order valence-corrected chi connectivity index (χ3v) is 3.96. The van der Waals surface area contributed by atoms with Crippen molar-refractivity contribution in [3.63, 3.8) is 0 Å². The van der Waals surface area contributed by atoms with Crippen LogP contribution in [0.15, 0.2) is 28.8 Å². The van der Waals surface area contributed by atoms with Gasteiger partial charge in [-0.25, -0.2) is 0 Å². The van der Waals surface area contributed by atoms with E-state index in [1.54, 1.807) is 0 Å². The van der Waals surface area contributed by atoms with E-state index >= 15 is 0 Å². The minimum atomic E-state index is -4.69. The van der Waals surface area contributed by atoms with Gasteiger partial charge in [0, 0.05) is 17.7 Å². The van der Waals surface area contributed by atoms with Crippen molar-refractivity contribution in [1.82, 2.24) is 15.5 Å². The van der Waals surface area contributed by atoms with E-state index < -0.39 is 12.1 Å². The lowest BCUT2D eigenvalue weighted by Gasteiger charge is -2.20. The molecule has 1 N–H and O–H groups in total. The lowest BCUT2D eigenvalue weighted by Crippen LogP contribution is -2.40. The second kappa shape index (κ2) is 6.83. The van der Waals surface area contributed by atoms with Crippen LogP contribution in [0.25, 0.3) is 11.4 Å². The highest BCUT2D eigenvalue weighted by Crippen LogP contribution is 2.29. The number of aromatic nitrogens is 2. The maximum absolute atomic E-state index is 12.5. The van der Waals surface area contributed by atoms with Gasteiger partial charge in [-0.3, -0.25) is 4.79 Å². The Labute approximate surface area is 141 Å². The zero-order valence-electron chi connectivity index (χ0n) is 13.3. The molecule has 0 saturated carbocycles. The summed E-state index contributed by atoms with van der Waals surface area (Å²) in [6.45, 7) is 2.57. The van der Waals surface area contributed by atoms with E-state index in [-0.39, 0.29) is 23.9 Å². The average molecular weight is 355 g/mol. The number of benzene rings is 1. The van der Waals surface area contributed by atoms with Crippen LogP contribution in [0.1, 0.15) is 36.0 Å². The predicted octanol–water partition coefficient (Wildman–Crippen LogP) is 3.05. The summed E-state index contributed by atoms with van der Waals surface area (Å²) in [5.74, 6) is -1.87. The molecular weight excluding hydrogens is 339 g/mol. The van der Waals surface area contributed by atoms with E-state index in [1.165, 1.54) is 24.3 Å². The minimum absolute atomic E-state index is 0.00310. The zero-order chi connectivity index (χ0) is 18.0. The molecule has 1 aliphatic heterocycles. The molecular formula is C16H16F3N3O3. The average Bonchev–Trinajstić information content (AvgIpc) is 3.26. The van der Waals surface area contributed by atoms with Crippen molar-refractivity contribution in [2.75, 3.05) is 6.61 Å². The van der Waals surface area contributed by atoms with Gasteiger partial charge in [-0.05, 0) is 31.9 Å². The van der Waals surface area contributed by atoms with E-state index in [4.69, 9.17) is 4.74 Å². The molecule has 9 heteroatoms. The first-order valence-electron chi connectivity index (χ1n) is 7.78. The summed E-state index contributed by atoms with van der Waals surface area (Å²) >= 11 is 0. The summed E-state index contributed by atoms with van der Waals surface area (Å²) in [4.78, 5) is 15.5. The van der Waals surface area contributed by atoms with E-state index in [2.05, 4.69) is 20.0 Å². The van der Waals surface area contributed by atoms with Gasteiger partial charge in [0.05, 0.1) is 12.1 Å². The Hall–Kier alpha value is -2.42. The molecule has 0 unspecified atom stereocenters. The van der Waals surface area contributed by atoms with Crippen LogP contribution in [0.4, 0.5) is 13.2 Å². The Kier molecular flexibility index (Phi) is 4.76. The smallest absolute Gasteiger partial charge is 0.376 e. The molecule has 1 fully saturated rings. The van der Waals surface area contributed by atoms with Crippen molar-refractivity contribution in [3.8, 4) is 11.4 Å². The lowest BCUT2D eigenvalue weighted by atomic mass is 10.1. The first kappa shape index (κ1) is 17.4. The van der Waals surface area contributed by atoms with Crippen LogP contribution >= 0.6 is 0 Å². The van der Waals surface area contributed by atoms with Gasteiger partial charge in [0.2, 0.25) is 5.82 Å². The highest BCUT2D eigenvalue weighted by Gasteiger charge is 2.38. The number of amides is 1. The first-order valence-corrected chi connectivity index (χ1v) is 7.78.